The van der Waals surface area contributed by atoms with Gasteiger partial charge in [-0.3, -0.25) is 4.98 Å². The van der Waals surface area contributed by atoms with E-state index in [0.717, 1.165) is 22.5 Å². The van der Waals surface area contributed by atoms with Crippen molar-refractivity contribution in [1.82, 2.24) is 34.0 Å². The molecular formula is C24H24FN9O. The zero-order valence-electron chi connectivity index (χ0n) is 19.4. The summed E-state index contributed by atoms with van der Waals surface area (Å²) in [6, 6.07) is 6.99. The third-order valence-electron chi connectivity index (χ3n) is 6.31. The summed E-state index contributed by atoms with van der Waals surface area (Å²) in [5.41, 5.74) is 10.7. The van der Waals surface area contributed by atoms with Crippen molar-refractivity contribution in [2.24, 2.45) is 0 Å². The zero-order chi connectivity index (χ0) is 24.1. The van der Waals surface area contributed by atoms with Crippen molar-refractivity contribution in [2.75, 3.05) is 30.4 Å². The highest BCUT2D eigenvalue weighted by atomic mass is 19.1. The van der Waals surface area contributed by atoms with Gasteiger partial charge in [-0.1, -0.05) is 0 Å². The number of ether oxygens (including phenoxy) is 1. The largest absolute Gasteiger partial charge is 0.377 e. The second kappa shape index (κ2) is 8.27. The van der Waals surface area contributed by atoms with E-state index in [1.54, 1.807) is 12.3 Å². The van der Waals surface area contributed by atoms with E-state index in [0.29, 0.717) is 37.0 Å². The van der Waals surface area contributed by atoms with Crippen LogP contribution in [-0.2, 0) is 11.2 Å². The lowest BCUT2D eigenvalue weighted by Crippen LogP contribution is -2.44. The molecule has 1 atom stereocenters. The Kier molecular flexibility index (Phi) is 5.06. The molecule has 1 aliphatic heterocycles. The van der Waals surface area contributed by atoms with Gasteiger partial charge in [0.05, 0.1) is 36.9 Å². The van der Waals surface area contributed by atoms with E-state index in [4.69, 9.17) is 20.4 Å². The molecule has 1 unspecified atom stereocenters. The van der Waals surface area contributed by atoms with Crippen LogP contribution in [-0.4, -0.2) is 59.8 Å². The Balaban J connectivity index is 1.58. The average molecular weight is 474 g/mol. The molecule has 11 heteroatoms. The highest BCUT2D eigenvalue weighted by Gasteiger charge is 2.28. The van der Waals surface area contributed by atoms with Crippen molar-refractivity contribution in [2.45, 2.75) is 26.3 Å². The molecule has 0 bridgehead atoms. The summed E-state index contributed by atoms with van der Waals surface area (Å²) in [5, 5.41) is 4.56. The molecule has 6 rings (SSSR count). The quantitative estimate of drug-likeness (QED) is 0.424. The third kappa shape index (κ3) is 3.64. The predicted molar refractivity (Wildman–Crippen MR) is 129 cm³/mol. The van der Waals surface area contributed by atoms with Gasteiger partial charge in [-0.05, 0) is 38.1 Å². The van der Waals surface area contributed by atoms with Crippen LogP contribution in [0.2, 0.25) is 0 Å². The molecule has 5 aromatic rings. The summed E-state index contributed by atoms with van der Waals surface area (Å²) in [5.74, 6) is 0.925. The summed E-state index contributed by atoms with van der Waals surface area (Å²) >= 11 is 0. The third-order valence-corrected chi connectivity index (χ3v) is 6.31. The van der Waals surface area contributed by atoms with Gasteiger partial charge in [0.1, 0.15) is 17.3 Å². The lowest BCUT2D eigenvalue weighted by molar-refractivity contribution is 0.0986. The van der Waals surface area contributed by atoms with E-state index < -0.39 is 5.82 Å². The second-order valence-corrected chi connectivity index (χ2v) is 8.70. The number of anilines is 2. The predicted octanol–water partition coefficient (Wildman–Crippen LogP) is 2.68. The van der Waals surface area contributed by atoms with Gasteiger partial charge in [-0.2, -0.15) is 9.50 Å². The Labute approximate surface area is 200 Å². The monoisotopic (exact) mass is 473 g/mol. The Morgan fingerprint density at radius 2 is 2.09 bits per heavy atom. The van der Waals surface area contributed by atoms with Crippen LogP contribution in [0.5, 0.6) is 0 Å². The normalized spacial score (nSPS) is 16.4. The van der Waals surface area contributed by atoms with Crippen molar-refractivity contribution in [3.8, 4) is 11.1 Å². The maximum Gasteiger partial charge on any atom is 0.225 e. The van der Waals surface area contributed by atoms with E-state index >= 15 is 0 Å². The molecule has 10 nitrogen and oxygen atoms in total. The van der Waals surface area contributed by atoms with Gasteiger partial charge in [0, 0.05) is 36.4 Å². The second-order valence-electron chi connectivity index (χ2n) is 8.70. The van der Waals surface area contributed by atoms with Crippen LogP contribution in [0.3, 0.4) is 0 Å². The molecule has 1 fully saturated rings. The van der Waals surface area contributed by atoms with Gasteiger partial charge in [0.15, 0.2) is 11.5 Å². The van der Waals surface area contributed by atoms with Crippen molar-refractivity contribution in [3.05, 3.63) is 65.9 Å². The van der Waals surface area contributed by atoms with Gasteiger partial charge in [-0.25, -0.2) is 14.4 Å². The summed E-state index contributed by atoms with van der Waals surface area (Å²) in [7, 11) is 0. The number of aromatic nitrogens is 7. The number of nitrogens with zero attached hydrogens (tertiary/aromatic N) is 8. The van der Waals surface area contributed by atoms with Crippen LogP contribution in [0.1, 0.15) is 24.1 Å². The molecule has 1 aliphatic rings. The average Bonchev–Trinajstić information content (AvgIpc) is 3.44. The molecule has 6 heterocycles. The minimum atomic E-state index is -0.401. The molecule has 1 saturated heterocycles. The molecule has 5 aromatic heterocycles. The maximum atomic E-state index is 14.3. The molecule has 0 aliphatic carbocycles. The minimum absolute atomic E-state index is 0.0977. The molecule has 178 valence electrons. The molecule has 0 saturated carbocycles. The van der Waals surface area contributed by atoms with E-state index in [1.807, 2.05) is 35.9 Å². The van der Waals surface area contributed by atoms with E-state index in [9.17, 15) is 4.39 Å². The number of aryl methyl sites for hydroxylation is 1. The van der Waals surface area contributed by atoms with Crippen molar-refractivity contribution < 1.29 is 9.13 Å². The highest BCUT2D eigenvalue weighted by Crippen LogP contribution is 2.36. The summed E-state index contributed by atoms with van der Waals surface area (Å²) in [4.78, 5) is 20.3. The Morgan fingerprint density at radius 1 is 1.20 bits per heavy atom. The molecule has 35 heavy (non-hydrogen) atoms. The fourth-order valence-corrected chi connectivity index (χ4v) is 4.52. The van der Waals surface area contributed by atoms with Crippen molar-refractivity contribution >= 4 is 23.1 Å². The van der Waals surface area contributed by atoms with Crippen molar-refractivity contribution in [3.63, 3.8) is 0 Å². The van der Waals surface area contributed by atoms with Gasteiger partial charge < -0.3 is 19.8 Å². The Bertz CT molecular complexity index is 1560. The summed E-state index contributed by atoms with van der Waals surface area (Å²) in [6.45, 7) is 5.94. The number of fused-ring (bicyclic) bond motifs is 2. The standard InChI is InChI=1S/C24H24FN9O/c1-14-11-28-20-6-5-16(12-33(14)20)21-22(32-8-9-35-13-15(32)2)30-24(26)34-23(21)29-19(31-34)10-18-17(25)4-3-7-27-18/h3-7,11-12,15H,8-10,13H2,1-2H3,(H2,26,30). The number of pyridine rings is 2. The SMILES string of the molecule is Cc1cnc2ccc(-c3c(N4CCOCC4C)nc(N)n4nc(Cc5ncccc5F)nc34)cn12. The zero-order valence-corrected chi connectivity index (χ0v) is 19.4. The number of hydrogen-bond acceptors (Lipinski definition) is 8. The highest BCUT2D eigenvalue weighted by molar-refractivity contribution is 5.88. The molecule has 0 amide bonds. The fraction of sp³-hybridized carbons (Fsp3) is 0.292. The maximum absolute atomic E-state index is 14.3. The number of hydrogen-bond donors (Lipinski definition) is 1. The lowest BCUT2D eigenvalue weighted by atomic mass is 10.1. The first-order valence-electron chi connectivity index (χ1n) is 11.4. The Hall–Kier alpha value is -4.12. The van der Waals surface area contributed by atoms with Crippen LogP contribution in [0.25, 0.3) is 22.4 Å². The first-order valence-corrected chi connectivity index (χ1v) is 11.4. The summed E-state index contributed by atoms with van der Waals surface area (Å²) in [6.07, 6.45) is 5.54. The Morgan fingerprint density at radius 3 is 2.91 bits per heavy atom. The number of morpholine rings is 1. The fourth-order valence-electron chi connectivity index (χ4n) is 4.52. The van der Waals surface area contributed by atoms with Crippen LogP contribution in [0, 0.1) is 12.7 Å². The lowest BCUT2D eigenvalue weighted by Gasteiger charge is -2.35. The van der Waals surface area contributed by atoms with Crippen molar-refractivity contribution in [1.29, 1.82) is 0 Å². The molecule has 0 aromatic carbocycles. The molecule has 0 radical (unpaired) electrons. The number of rotatable bonds is 4. The van der Waals surface area contributed by atoms with Gasteiger partial charge >= 0.3 is 0 Å². The number of nitrogen functional groups attached to an aromatic ring is 1. The van der Waals surface area contributed by atoms with E-state index in [2.05, 4.69) is 26.9 Å². The van der Waals surface area contributed by atoms with E-state index in [-0.39, 0.29) is 24.1 Å². The van der Waals surface area contributed by atoms with Crippen LogP contribution in [0.15, 0.2) is 42.9 Å². The molecule has 2 N–H and O–H groups in total. The van der Waals surface area contributed by atoms with Crippen LogP contribution in [0.4, 0.5) is 16.2 Å². The molecule has 0 spiro atoms. The minimum Gasteiger partial charge on any atom is -0.377 e. The molecular weight excluding hydrogens is 449 g/mol. The summed E-state index contributed by atoms with van der Waals surface area (Å²) < 4.78 is 23.5. The van der Waals surface area contributed by atoms with Crippen LogP contribution >= 0.6 is 0 Å². The van der Waals surface area contributed by atoms with Gasteiger partial charge in [-0.15, -0.1) is 5.10 Å². The van der Waals surface area contributed by atoms with E-state index in [1.165, 1.54) is 10.6 Å². The van der Waals surface area contributed by atoms with Gasteiger partial charge in [0.2, 0.25) is 5.95 Å². The van der Waals surface area contributed by atoms with Gasteiger partial charge in [0.25, 0.3) is 0 Å². The van der Waals surface area contributed by atoms with Crippen LogP contribution < -0.4 is 10.6 Å². The number of nitrogens with two attached hydrogens (primary N) is 1. The number of imidazole rings is 1. The smallest absolute Gasteiger partial charge is 0.225 e. The first-order chi connectivity index (χ1) is 17.0. The first kappa shape index (κ1) is 21.4. The topological polar surface area (TPSA) is 112 Å². The number of halogens is 1.